The number of ether oxygens (including phenoxy) is 1. The lowest BCUT2D eigenvalue weighted by Crippen LogP contribution is -2.30. The minimum atomic E-state index is -0.439. The molecular weight excluding hydrogens is 332 g/mol. The number of aromatic nitrogens is 2. The maximum Gasteiger partial charge on any atom is 0.292 e. The lowest BCUT2D eigenvalue weighted by Gasteiger charge is -2.33. The molecule has 0 bridgehead atoms. The van der Waals surface area contributed by atoms with Crippen LogP contribution in [0.3, 0.4) is 0 Å². The highest BCUT2D eigenvalue weighted by molar-refractivity contribution is 6.04. The van der Waals surface area contributed by atoms with Crippen molar-refractivity contribution in [3.63, 3.8) is 0 Å². The van der Waals surface area contributed by atoms with Gasteiger partial charge < -0.3 is 4.74 Å². The van der Waals surface area contributed by atoms with Gasteiger partial charge in [0.25, 0.3) is 11.5 Å². The first-order chi connectivity index (χ1) is 12.7. The highest BCUT2D eigenvalue weighted by Crippen LogP contribution is 2.37. The summed E-state index contributed by atoms with van der Waals surface area (Å²) in [6.45, 7) is 0.673. The van der Waals surface area contributed by atoms with Gasteiger partial charge in [-0.2, -0.15) is 10.2 Å². The van der Waals surface area contributed by atoms with E-state index >= 15 is 0 Å². The van der Waals surface area contributed by atoms with Gasteiger partial charge in [0.1, 0.15) is 0 Å². The number of rotatable bonds is 6. The minimum Gasteiger partial charge on any atom is -0.385 e. The molecule has 0 spiro atoms. The predicted octanol–water partition coefficient (Wildman–Crippen LogP) is 2.63. The van der Waals surface area contributed by atoms with Crippen LogP contribution in [0.5, 0.6) is 0 Å². The summed E-state index contributed by atoms with van der Waals surface area (Å²) in [5, 5.41) is 11.4. The lowest BCUT2D eigenvalue weighted by molar-refractivity contribution is 0.0950. The van der Waals surface area contributed by atoms with Crippen LogP contribution in [0.2, 0.25) is 0 Å². The second kappa shape index (κ2) is 8.23. The molecule has 1 aromatic heterocycles. The lowest BCUT2D eigenvalue weighted by atomic mass is 9.73. The molecule has 0 unspecified atom stereocenters. The number of hydrogen-bond acceptors (Lipinski definition) is 5. The molecule has 0 aliphatic heterocycles. The first-order valence-electron chi connectivity index (χ1n) is 8.96. The van der Waals surface area contributed by atoms with Gasteiger partial charge in [0.2, 0.25) is 0 Å². The van der Waals surface area contributed by atoms with Crippen molar-refractivity contribution < 1.29 is 9.53 Å². The summed E-state index contributed by atoms with van der Waals surface area (Å²) in [4.78, 5) is 24.3. The number of aromatic amines is 1. The maximum atomic E-state index is 12.5. The molecule has 2 N–H and O–H groups in total. The van der Waals surface area contributed by atoms with Gasteiger partial charge in [0.05, 0.1) is 5.39 Å². The molecule has 0 saturated heterocycles. The van der Waals surface area contributed by atoms with Crippen molar-refractivity contribution >= 4 is 22.9 Å². The van der Waals surface area contributed by atoms with Gasteiger partial charge in [0, 0.05) is 30.7 Å². The Labute approximate surface area is 151 Å². The summed E-state index contributed by atoms with van der Waals surface area (Å²) in [5.41, 5.74) is 2.38. The third-order valence-electron chi connectivity index (χ3n) is 5.07. The number of H-pyrrole nitrogens is 1. The van der Waals surface area contributed by atoms with Crippen molar-refractivity contribution in [1.82, 2.24) is 15.6 Å². The number of nitrogens with zero attached hydrogens (tertiary/aromatic N) is 2. The van der Waals surface area contributed by atoms with Gasteiger partial charge in [0.15, 0.2) is 5.69 Å². The van der Waals surface area contributed by atoms with E-state index in [1.54, 1.807) is 31.4 Å². The fraction of sp³-hybridized carbons (Fsp3) is 0.474. The number of carbonyl (C=O) groups is 1. The van der Waals surface area contributed by atoms with Gasteiger partial charge in [-0.05, 0) is 25.3 Å². The molecule has 1 aliphatic carbocycles. The van der Waals surface area contributed by atoms with Gasteiger partial charge >= 0.3 is 0 Å². The molecule has 2 aromatic rings. The number of amides is 1. The zero-order chi connectivity index (χ0) is 18.4. The Morgan fingerprint density at radius 3 is 2.77 bits per heavy atom. The van der Waals surface area contributed by atoms with E-state index in [0.717, 1.165) is 32.1 Å². The maximum absolute atomic E-state index is 12.5. The van der Waals surface area contributed by atoms with Crippen LogP contribution in [0.25, 0.3) is 10.8 Å². The molecule has 3 rings (SSSR count). The molecule has 1 aromatic carbocycles. The number of benzene rings is 1. The van der Waals surface area contributed by atoms with Gasteiger partial charge in [-0.25, -0.2) is 10.5 Å². The van der Waals surface area contributed by atoms with E-state index in [0.29, 0.717) is 17.4 Å². The average molecular weight is 356 g/mol. The van der Waals surface area contributed by atoms with Crippen molar-refractivity contribution in [3.05, 3.63) is 40.3 Å². The fourth-order valence-corrected chi connectivity index (χ4v) is 3.57. The Hall–Kier alpha value is -2.54. The molecule has 7 nitrogen and oxygen atoms in total. The largest absolute Gasteiger partial charge is 0.385 e. The molecule has 1 amide bonds. The van der Waals surface area contributed by atoms with Gasteiger partial charge in [-0.3, -0.25) is 9.59 Å². The van der Waals surface area contributed by atoms with E-state index in [1.807, 2.05) is 6.21 Å². The molecule has 26 heavy (non-hydrogen) atoms. The molecule has 0 atom stereocenters. The third kappa shape index (κ3) is 3.99. The van der Waals surface area contributed by atoms with Crippen LogP contribution in [0.15, 0.2) is 34.2 Å². The zero-order valence-corrected chi connectivity index (χ0v) is 15.0. The number of hydrazone groups is 1. The Kier molecular flexibility index (Phi) is 5.78. The molecular formula is C19H24N4O3. The van der Waals surface area contributed by atoms with Crippen molar-refractivity contribution in [3.8, 4) is 0 Å². The standard InChI is InChI=1S/C19H24N4O3/c1-26-12-11-19(9-5-2-6-10-19)13-20-22-18(25)16-14-7-3-4-8-15(14)17(24)23-21-16/h3-4,7-8,13H,2,5-6,9-12H2,1H3,(H,22,25)(H,23,24)/b20-13+. The second-order valence-electron chi connectivity index (χ2n) is 6.81. The summed E-state index contributed by atoms with van der Waals surface area (Å²) in [6.07, 6.45) is 8.42. The van der Waals surface area contributed by atoms with Gasteiger partial charge in [-0.15, -0.1) is 0 Å². The molecule has 7 heteroatoms. The van der Waals surface area contributed by atoms with Gasteiger partial charge in [-0.1, -0.05) is 37.5 Å². The number of fused-ring (bicyclic) bond motifs is 1. The number of hydrogen-bond donors (Lipinski definition) is 2. The first kappa shape index (κ1) is 18.3. The molecule has 1 saturated carbocycles. The Balaban J connectivity index is 1.76. The topological polar surface area (TPSA) is 96.4 Å². The quantitative estimate of drug-likeness (QED) is 0.614. The highest BCUT2D eigenvalue weighted by atomic mass is 16.5. The summed E-state index contributed by atoms with van der Waals surface area (Å²) in [7, 11) is 1.70. The monoisotopic (exact) mass is 356 g/mol. The van der Waals surface area contributed by atoms with Crippen LogP contribution in [-0.2, 0) is 4.74 Å². The van der Waals surface area contributed by atoms with E-state index in [-0.39, 0.29) is 16.7 Å². The number of nitrogens with one attached hydrogen (secondary N) is 2. The van der Waals surface area contributed by atoms with Crippen LogP contribution >= 0.6 is 0 Å². The highest BCUT2D eigenvalue weighted by Gasteiger charge is 2.30. The Morgan fingerprint density at radius 1 is 1.31 bits per heavy atom. The van der Waals surface area contributed by atoms with E-state index in [2.05, 4.69) is 20.7 Å². The van der Waals surface area contributed by atoms with E-state index < -0.39 is 5.91 Å². The summed E-state index contributed by atoms with van der Waals surface area (Å²) in [5.74, 6) is -0.439. The first-order valence-corrected chi connectivity index (χ1v) is 8.96. The molecule has 1 heterocycles. The van der Waals surface area contributed by atoms with Crippen LogP contribution in [0.1, 0.15) is 49.0 Å². The van der Waals surface area contributed by atoms with Crippen LogP contribution in [-0.4, -0.2) is 36.0 Å². The van der Waals surface area contributed by atoms with Crippen LogP contribution < -0.4 is 11.0 Å². The predicted molar refractivity (Wildman–Crippen MR) is 100 cm³/mol. The van der Waals surface area contributed by atoms with Crippen molar-refractivity contribution in [2.75, 3.05) is 13.7 Å². The zero-order valence-electron chi connectivity index (χ0n) is 15.0. The van der Waals surface area contributed by atoms with Crippen LogP contribution in [0, 0.1) is 5.41 Å². The third-order valence-corrected chi connectivity index (χ3v) is 5.07. The summed E-state index contributed by atoms with van der Waals surface area (Å²) >= 11 is 0. The summed E-state index contributed by atoms with van der Waals surface area (Å²) in [6, 6.07) is 6.89. The van der Waals surface area contributed by atoms with E-state index in [1.165, 1.54) is 6.42 Å². The molecule has 0 radical (unpaired) electrons. The van der Waals surface area contributed by atoms with Crippen molar-refractivity contribution in [1.29, 1.82) is 0 Å². The number of methoxy groups -OCH3 is 1. The second-order valence-corrected chi connectivity index (χ2v) is 6.81. The van der Waals surface area contributed by atoms with Crippen molar-refractivity contribution in [2.45, 2.75) is 38.5 Å². The van der Waals surface area contributed by atoms with E-state index in [9.17, 15) is 9.59 Å². The molecule has 1 aliphatic rings. The Bertz CT molecular complexity index is 853. The average Bonchev–Trinajstić information content (AvgIpc) is 2.67. The number of carbonyl (C=O) groups excluding carboxylic acids is 1. The summed E-state index contributed by atoms with van der Waals surface area (Å²) < 4.78 is 5.23. The minimum absolute atomic E-state index is 0.0258. The van der Waals surface area contributed by atoms with Crippen molar-refractivity contribution in [2.24, 2.45) is 10.5 Å². The SMILES string of the molecule is COCCC1(/C=N/NC(=O)c2n[nH]c(=O)c3ccccc23)CCCCC1. The van der Waals surface area contributed by atoms with Crippen LogP contribution in [0.4, 0.5) is 0 Å². The smallest absolute Gasteiger partial charge is 0.292 e. The Morgan fingerprint density at radius 2 is 2.04 bits per heavy atom. The molecule has 1 fully saturated rings. The normalized spacial score (nSPS) is 16.8. The fourth-order valence-electron chi connectivity index (χ4n) is 3.57. The molecule has 138 valence electrons. The van der Waals surface area contributed by atoms with E-state index in [4.69, 9.17) is 4.74 Å².